The summed E-state index contributed by atoms with van der Waals surface area (Å²) in [6.45, 7) is 9.17. The highest BCUT2D eigenvalue weighted by atomic mass is 32.2. The maximum absolute atomic E-state index is 13.2. The number of amides is 1. The molecule has 0 atom stereocenters. The molecule has 0 radical (unpaired) electrons. The third-order valence-electron chi connectivity index (χ3n) is 6.03. The Balaban J connectivity index is 1.34. The Labute approximate surface area is 234 Å². The van der Waals surface area contributed by atoms with Crippen molar-refractivity contribution in [3.05, 3.63) is 118 Å². The lowest BCUT2D eigenvalue weighted by atomic mass is 10.1. The summed E-state index contributed by atoms with van der Waals surface area (Å²) in [5.41, 5.74) is 3.45. The molecule has 0 saturated carbocycles. The smallest absolute Gasteiger partial charge is 0.276 e. The van der Waals surface area contributed by atoms with E-state index in [0.717, 1.165) is 11.1 Å². The fraction of sp³-hybridized carbons (Fsp3) is 0.100. The Hall–Kier alpha value is -5.14. The van der Waals surface area contributed by atoms with Gasteiger partial charge in [0.25, 0.3) is 17.2 Å². The van der Waals surface area contributed by atoms with Gasteiger partial charge in [0.2, 0.25) is 0 Å². The maximum Gasteiger partial charge on any atom is 0.276 e. The molecule has 198 valence electrons. The van der Waals surface area contributed by atoms with Crippen LogP contribution < -0.4 is 15.6 Å². The summed E-state index contributed by atoms with van der Waals surface area (Å²) in [7, 11) is 1.55. The molecular weight excluding hydrogens is 526 g/mol. The summed E-state index contributed by atoms with van der Waals surface area (Å²) in [4.78, 5) is 36.5. The van der Waals surface area contributed by atoms with Gasteiger partial charge in [-0.1, -0.05) is 71.5 Å². The number of H-pyrrole nitrogens is 1. The van der Waals surface area contributed by atoms with Crippen LogP contribution in [0.5, 0.6) is 5.75 Å². The van der Waals surface area contributed by atoms with Crippen molar-refractivity contribution in [1.82, 2.24) is 15.1 Å². The van der Waals surface area contributed by atoms with Crippen LogP contribution in [0.3, 0.4) is 0 Å². The number of benzene rings is 3. The molecule has 5 aromatic rings. The molecule has 1 amide bonds. The Kier molecular flexibility index (Phi) is 7.75. The number of aromatic amines is 1. The van der Waals surface area contributed by atoms with E-state index < -0.39 is 5.56 Å². The van der Waals surface area contributed by atoms with Crippen LogP contribution in [-0.2, 0) is 5.75 Å². The van der Waals surface area contributed by atoms with Gasteiger partial charge in [-0.15, -0.1) is 0 Å². The second kappa shape index (κ2) is 11.7. The Bertz CT molecular complexity index is 1790. The predicted molar refractivity (Wildman–Crippen MR) is 154 cm³/mol. The second-order valence-electron chi connectivity index (χ2n) is 8.68. The van der Waals surface area contributed by atoms with E-state index in [1.54, 1.807) is 44.4 Å². The van der Waals surface area contributed by atoms with Crippen molar-refractivity contribution < 1.29 is 14.1 Å². The number of methoxy groups -OCH3 is 1. The van der Waals surface area contributed by atoms with Crippen LogP contribution in [-0.4, -0.2) is 28.1 Å². The Morgan fingerprint density at radius 1 is 1.05 bits per heavy atom. The summed E-state index contributed by atoms with van der Waals surface area (Å²) >= 11 is 1.31. The number of aromatic nitrogens is 3. The maximum atomic E-state index is 13.2. The molecule has 0 aliphatic rings. The summed E-state index contributed by atoms with van der Waals surface area (Å²) in [6.07, 6.45) is 0. The van der Waals surface area contributed by atoms with Crippen molar-refractivity contribution in [3.8, 4) is 28.3 Å². The van der Waals surface area contributed by atoms with Crippen LogP contribution in [0, 0.1) is 13.5 Å². The zero-order valence-electron chi connectivity index (χ0n) is 21.6. The fourth-order valence-corrected chi connectivity index (χ4v) is 4.91. The zero-order chi connectivity index (χ0) is 28.1. The predicted octanol–water partition coefficient (Wildman–Crippen LogP) is 6.50. The number of carbonyl (C=O) groups excluding carboxylic acids is 1. The van der Waals surface area contributed by atoms with Gasteiger partial charge in [0.1, 0.15) is 22.8 Å². The number of hydrogen-bond acceptors (Lipinski definition) is 7. The standard InChI is InChI=1S/C30H23N5O4S/c1-18-24(25(35-39-18)20-10-5-4-6-11-20)28(36)32-22-13-7-9-19(15-22)17-40-30-33-26(27(31-2)29(37)34-30)21-12-8-14-23(16-21)38-3/h4-16H,17H2,1,3H3,(H,32,36)(H,33,34,37). The molecule has 2 heterocycles. The molecule has 0 saturated heterocycles. The molecule has 0 fully saturated rings. The molecule has 0 bridgehead atoms. The molecule has 0 aliphatic heterocycles. The van der Waals surface area contributed by atoms with Gasteiger partial charge in [-0.25, -0.2) is 9.83 Å². The van der Waals surface area contributed by atoms with E-state index in [9.17, 15) is 9.59 Å². The van der Waals surface area contributed by atoms with Crippen LogP contribution >= 0.6 is 11.8 Å². The first-order valence-electron chi connectivity index (χ1n) is 12.2. The number of rotatable bonds is 8. The lowest BCUT2D eigenvalue weighted by Gasteiger charge is -2.10. The minimum absolute atomic E-state index is 0.0822. The molecule has 2 aromatic heterocycles. The minimum Gasteiger partial charge on any atom is -0.497 e. The van der Waals surface area contributed by atoms with Gasteiger partial charge in [0.05, 0.1) is 19.4 Å². The third-order valence-corrected chi connectivity index (χ3v) is 6.97. The van der Waals surface area contributed by atoms with Crippen LogP contribution in [0.15, 0.2) is 93.3 Å². The first-order chi connectivity index (χ1) is 19.5. The van der Waals surface area contributed by atoms with Crippen molar-refractivity contribution in [2.45, 2.75) is 17.8 Å². The van der Waals surface area contributed by atoms with Crippen molar-refractivity contribution in [2.24, 2.45) is 0 Å². The van der Waals surface area contributed by atoms with Gasteiger partial charge in [0.15, 0.2) is 5.16 Å². The molecule has 40 heavy (non-hydrogen) atoms. The van der Waals surface area contributed by atoms with Crippen LogP contribution in [0.25, 0.3) is 27.4 Å². The monoisotopic (exact) mass is 549 g/mol. The van der Waals surface area contributed by atoms with Crippen LogP contribution in [0.4, 0.5) is 11.4 Å². The first-order valence-corrected chi connectivity index (χ1v) is 13.2. The minimum atomic E-state index is -0.510. The lowest BCUT2D eigenvalue weighted by Crippen LogP contribution is -2.13. The number of hydrogen-bond donors (Lipinski definition) is 2. The molecule has 9 nitrogen and oxygen atoms in total. The fourth-order valence-electron chi connectivity index (χ4n) is 4.11. The molecule has 0 spiro atoms. The molecule has 5 rings (SSSR count). The first kappa shape index (κ1) is 26.5. The lowest BCUT2D eigenvalue weighted by molar-refractivity contribution is 0.102. The van der Waals surface area contributed by atoms with E-state index >= 15 is 0 Å². The van der Waals surface area contributed by atoms with Crippen LogP contribution in [0.1, 0.15) is 21.7 Å². The van der Waals surface area contributed by atoms with Gasteiger partial charge < -0.3 is 19.6 Å². The number of nitrogens with one attached hydrogen (secondary N) is 2. The average Bonchev–Trinajstić information content (AvgIpc) is 3.38. The normalized spacial score (nSPS) is 10.6. The number of nitrogens with zero attached hydrogens (tertiary/aromatic N) is 3. The van der Waals surface area contributed by atoms with Gasteiger partial charge in [-0.3, -0.25) is 9.59 Å². The summed E-state index contributed by atoms with van der Waals surface area (Å²) < 4.78 is 10.6. The largest absolute Gasteiger partial charge is 0.497 e. The summed E-state index contributed by atoms with van der Waals surface area (Å²) in [5, 5.41) is 7.39. The van der Waals surface area contributed by atoms with Gasteiger partial charge in [-0.05, 0) is 42.3 Å². The van der Waals surface area contributed by atoms with Gasteiger partial charge in [0, 0.05) is 17.0 Å². The molecular formula is C30H23N5O4S. The van der Waals surface area contributed by atoms with E-state index in [-0.39, 0.29) is 11.6 Å². The van der Waals surface area contributed by atoms with E-state index in [4.69, 9.17) is 15.8 Å². The quantitative estimate of drug-likeness (QED) is 0.129. The highest BCUT2D eigenvalue weighted by Crippen LogP contribution is 2.31. The number of carbonyl (C=O) groups is 1. The highest BCUT2D eigenvalue weighted by molar-refractivity contribution is 7.98. The molecule has 2 N–H and O–H groups in total. The second-order valence-corrected chi connectivity index (χ2v) is 9.65. The van der Waals surface area contributed by atoms with Gasteiger partial charge >= 0.3 is 0 Å². The summed E-state index contributed by atoms with van der Waals surface area (Å²) in [5.74, 6) is 1.16. The third kappa shape index (κ3) is 5.65. The topological polar surface area (TPSA) is 114 Å². The van der Waals surface area contributed by atoms with E-state index in [1.165, 1.54) is 11.8 Å². The highest BCUT2D eigenvalue weighted by Gasteiger charge is 2.22. The number of aryl methyl sites for hydroxylation is 1. The zero-order valence-corrected chi connectivity index (χ0v) is 22.4. The van der Waals surface area contributed by atoms with E-state index in [1.807, 2.05) is 48.5 Å². The SMILES string of the molecule is [C-]#[N+]c1c(-c2cccc(OC)c2)nc(SCc2cccc(NC(=O)c3c(-c4ccccc4)noc3C)c2)[nH]c1=O. The Morgan fingerprint density at radius 3 is 2.60 bits per heavy atom. The van der Waals surface area contributed by atoms with Crippen molar-refractivity contribution in [3.63, 3.8) is 0 Å². The number of ether oxygens (including phenoxy) is 1. The van der Waals surface area contributed by atoms with Crippen molar-refractivity contribution in [2.75, 3.05) is 12.4 Å². The van der Waals surface area contributed by atoms with Crippen molar-refractivity contribution in [1.29, 1.82) is 0 Å². The van der Waals surface area contributed by atoms with Gasteiger partial charge in [-0.2, -0.15) is 0 Å². The van der Waals surface area contributed by atoms with Crippen molar-refractivity contribution >= 4 is 29.0 Å². The summed E-state index contributed by atoms with van der Waals surface area (Å²) in [6, 6.07) is 23.8. The molecule has 3 aromatic carbocycles. The average molecular weight is 550 g/mol. The molecule has 10 heteroatoms. The molecule has 0 unspecified atom stereocenters. The van der Waals surface area contributed by atoms with Crippen LogP contribution in [0.2, 0.25) is 0 Å². The molecule has 0 aliphatic carbocycles. The van der Waals surface area contributed by atoms with E-state index in [0.29, 0.717) is 50.6 Å². The van der Waals surface area contributed by atoms with E-state index in [2.05, 4.69) is 25.3 Å². The Morgan fingerprint density at radius 2 is 1.82 bits per heavy atom. The number of thioether (sulfide) groups is 1. The number of anilines is 1.